The van der Waals surface area contributed by atoms with Gasteiger partial charge in [-0.05, 0) is 31.5 Å². The van der Waals surface area contributed by atoms with Crippen molar-refractivity contribution in [2.45, 2.75) is 33.4 Å². The molecule has 5 heteroatoms. The van der Waals surface area contributed by atoms with Gasteiger partial charge in [-0.2, -0.15) is 5.10 Å². The molecule has 3 nitrogen and oxygen atoms in total. The van der Waals surface area contributed by atoms with Crippen LogP contribution < -0.4 is 5.32 Å². The Bertz CT molecular complexity index is 595. The minimum atomic E-state index is 0.0317. The average molecular weight is 357 g/mol. The molecule has 2 aromatic rings. The molecule has 1 heterocycles. The lowest BCUT2D eigenvalue weighted by molar-refractivity contribution is 0.541. The fourth-order valence-corrected chi connectivity index (χ4v) is 3.11. The molecule has 0 aliphatic carbocycles. The number of hydrogen-bond donors (Lipinski definition) is 1. The predicted octanol–water partition coefficient (Wildman–Crippen LogP) is 4.33. The standard InChI is InChI=1S/C15H19BrClN3/c1-4-18-14(11-8-6-7-10(3)13(11)16)15-12(17)9-19-20(15)5-2/h6-9,14,18H,4-5H2,1-3H3. The molecule has 0 radical (unpaired) electrons. The van der Waals surface area contributed by atoms with Crippen molar-refractivity contribution >= 4 is 27.5 Å². The van der Waals surface area contributed by atoms with Gasteiger partial charge in [0.05, 0.1) is 23.0 Å². The van der Waals surface area contributed by atoms with Crippen LogP contribution in [0.2, 0.25) is 5.02 Å². The van der Waals surface area contributed by atoms with Crippen LogP contribution in [0.1, 0.15) is 36.7 Å². The maximum absolute atomic E-state index is 6.36. The zero-order valence-corrected chi connectivity index (χ0v) is 14.3. The number of nitrogens with one attached hydrogen (secondary N) is 1. The van der Waals surface area contributed by atoms with Gasteiger partial charge in [-0.1, -0.05) is 52.7 Å². The highest BCUT2D eigenvalue weighted by molar-refractivity contribution is 9.10. The van der Waals surface area contributed by atoms with E-state index in [4.69, 9.17) is 11.6 Å². The van der Waals surface area contributed by atoms with Crippen molar-refractivity contribution in [1.29, 1.82) is 0 Å². The third-order valence-corrected chi connectivity index (χ3v) is 4.72. The largest absolute Gasteiger partial charge is 0.305 e. The summed E-state index contributed by atoms with van der Waals surface area (Å²) >= 11 is 10.1. The Kier molecular flexibility index (Phi) is 5.24. The normalized spacial score (nSPS) is 12.7. The van der Waals surface area contributed by atoms with Crippen molar-refractivity contribution in [2.75, 3.05) is 6.54 Å². The van der Waals surface area contributed by atoms with Gasteiger partial charge >= 0.3 is 0 Å². The van der Waals surface area contributed by atoms with E-state index in [9.17, 15) is 0 Å². The second-order valence-electron chi connectivity index (χ2n) is 4.66. The number of aromatic nitrogens is 2. The number of rotatable bonds is 5. The van der Waals surface area contributed by atoms with Crippen LogP contribution >= 0.6 is 27.5 Å². The highest BCUT2D eigenvalue weighted by Gasteiger charge is 2.23. The molecule has 0 spiro atoms. The molecule has 0 bridgehead atoms. The Morgan fingerprint density at radius 2 is 2.15 bits per heavy atom. The van der Waals surface area contributed by atoms with E-state index < -0.39 is 0 Å². The van der Waals surface area contributed by atoms with Crippen LogP contribution in [-0.2, 0) is 6.54 Å². The quantitative estimate of drug-likeness (QED) is 0.864. The Balaban J connectivity index is 2.56. The number of hydrogen-bond acceptors (Lipinski definition) is 2. The van der Waals surface area contributed by atoms with E-state index in [1.54, 1.807) is 6.20 Å². The number of aryl methyl sites for hydroxylation is 2. The Labute approximate surface area is 133 Å². The average Bonchev–Trinajstić information content (AvgIpc) is 2.81. The third kappa shape index (κ3) is 2.92. The van der Waals surface area contributed by atoms with Gasteiger partial charge in [-0.25, -0.2) is 0 Å². The predicted molar refractivity (Wildman–Crippen MR) is 87.3 cm³/mol. The molecule has 0 amide bonds. The molecule has 2 rings (SSSR count). The molecule has 20 heavy (non-hydrogen) atoms. The lowest BCUT2D eigenvalue weighted by atomic mass is 10.0. The first-order valence-electron chi connectivity index (χ1n) is 6.79. The zero-order valence-electron chi connectivity index (χ0n) is 12.0. The molecular formula is C15H19BrClN3. The molecule has 0 fully saturated rings. The first kappa shape index (κ1) is 15.5. The van der Waals surface area contributed by atoms with E-state index in [2.05, 4.69) is 65.3 Å². The fraction of sp³-hybridized carbons (Fsp3) is 0.400. The molecule has 1 aromatic carbocycles. The van der Waals surface area contributed by atoms with Crippen molar-refractivity contribution < 1.29 is 0 Å². The second kappa shape index (κ2) is 6.74. The Morgan fingerprint density at radius 1 is 1.40 bits per heavy atom. The van der Waals surface area contributed by atoms with Crippen LogP contribution in [-0.4, -0.2) is 16.3 Å². The van der Waals surface area contributed by atoms with Crippen molar-refractivity contribution in [3.05, 3.63) is 50.7 Å². The molecule has 0 saturated heterocycles. The summed E-state index contributed by atoms with van der Waals surface area (Å²) in [6, 6.07) is 6.31. The molecule has 0 saturated carbocycles. The Hall–Kier alpha value is -0.840. The number of halogens is 2. The van der Waals surface area contributed by atoms with Gasteiger partial charge in [-0.3, -0.25) is 4.68 Å². The number of benzene rings is 1. The summed E-state index contributed by atoms with van der Waals surface area (Å²) in [5, 5.41) is 8.55. The SMILES string of the molecule is CCNC(c1cccc(C)c1Br)c1c(Cl)cnn1CC. The monoisotopic (exact) mass is 355 g/mol. The maximum atomic E-state index is 6.36. The highest BCUT2D eigenvalue weighted by Crippen LogP contribution is 2.33. The summed E-state index contributed by atoms with van der Waals surface area (Å²) in [5.74, 6) is 0. The summed E-state index contributed by atoms with van der Waals surface area (Å²) in [4.78, 5) is 0. The van der Waals surface area contributed by atoms with Crippen LogP contribution in [0.5, 0.6) is 0 Å². The van der Waals surface area contributed by atoms with Crippen LogP contribution in [0.25, 0.3) is 0 Å². The first-order chi connectivity index (χ1) is 9.60. The molecule has 0 aliphatic heterocycles. The van der Waals surface area contributed by atoms with Crippen molar-refractivity contribution in [1.82, 2.24) is 15.1 Å². The van der Waals surface area contributed by atoms with Crippen molar-refractivity contribution in [3.8, 4) is 0 Å². The summed E-state index contributed by atoms with van der Waals surface area (Å²) in [5.41, 5.74) is 3.41. The van der Waals surface area contributed by atoms with Gasteiger partial charge in [0.1, 0.15) is 0 Å². The highest BCUT2D eigenvalue weighted by atomic mass is 79.9. The van der Waals surface area contributed by atoms with Crippen LogP contribution in [0.3, 0.4) is 0 Å². The third-order valence-electron chi connectivity index (χ3n) is 3.35. The van der Waals surface area contributed by atoms with Gasteiger partial charge in [-0.15, -0.1) is 0 Å². The fourth-order valence-electron chi connectivity index (χ4n) is 2.36. The lowest BCUT2D eigenvalue weighted by Crippen LogP contribution is -2.25. The Morgan fingerprint density at radius 3 is 2.80 bits per heavy atom. The summed E-state index contributed by atoms with van der Waals surface area (Å²) in [6.07, 6.45) is 1.72. The minimum absolute atomic E-state index is 0.0317. The topological polar surface area (TPSA) is 29.9 Å². The van der Waals surface area contributed by atoms with E-state index in [1.807, 2.05) is 4.68 Å². The minimum Gasteiger partial charge on any atom is -0.305 e. The zero-order chi connectivity index (χ0) is 14.7. The van der Waals surface area contributed by atoms with Crippen molar-refractivity contribution in [2.24, 2.45) is 0 Å². The lowest BCUT2D eigenvalue weighted by Gasteiger charge is -2.22. The summed E-state index contributed by atoms with van der Waals surface area (Å²) in [7, 11) is 0. The van der Waals surface area contributed by atoms with Gasteiger partial charge in [0.15, 0.2) is 0 Å². The molecule has 0 aliphatic rings. The van der Waals surface area contributed by atoms with E-state index in [-0.39, 0.29) is 6.04 Å². The molecule has 1 atom stereocenters. The smallest absolute Gasteiger partial charge is 0.0837 e. The summed E-state index contributed by atoms with van der Waals surface area (Å²) in [6.45, 7) is 7.91. The van der Waals surface area contributed by atoms with E-state index >= 15 is 0 Å². The molecule has 1 N–H and O–H groups in total. The van der Waals surface area contributed by atoms with Gasteiger partial charge in [0, 0.05) is 11.0 Å². The van der Waals surface area contributed by atoms with Gasteiger partial charge in [0.25, 0.3) is 0 Å². The number of nitrogens with zero attached hydrogens (tertiary/aromatic N) is 2. The van der Waals surface area contributed by atoms with E-state index in [0.717, 1.165) is 23.3 Å². The second-order valence-corrected chi connectivity index (χ2v) is 5.86. The molecular weight excluding hydrogens is 338 g/mol. The van der Waals surface area contributed by atoms with E-state index in [0.29, 0.717) is 5.02 Å². The van der Waals surface area contributed by atoms with Crippen LogP contribution in [0, 0.1) is 6.92 Å². The van der Waals surface area contributed by atoms with Crippen LogP contribution in [0.4, 0.5) is 0 Å². The molecule has 1 unspecified atom stereocenters. The van der Waals surface area contributed by atoms with E-state index in [1.165, 1.54) is 11.1 Å². The van der Waals surface area contributed by atoms with Crippen molar-refractivity contribution in [3.63, 3.8) is 0 Å². The molecule has 1 aromatic heterocycles. The van der Waals surface area contributed by atoms with Crippen LogP contribution in [0.15, 0.2) is 28.9 Å². The van der Waals surface area contributed by atoms with Gasteiger partial charge < -0.3 is 5.32 Å². The summed E-state index contributed by atoms with van der Waals surface area (Å²) < 4.78 is 3.07. The maximum Gasteiger partial charge on any atom is 0.0837 e. The first-order valence-corrected chi connectivity index (χ1v) is 7.96. The molecule has 108 valence electrons. The van der Waals surface area contributed by atoms with Gasteiger partial charge in [0.2, 0.25) is 0 Å².